The summed E-state index contributed by atoms with van der Waals surface area (Å²) in [6.07, 6.45) is 0. The number of hydrogen-bond donors (Lipinski definition) is 3. The molecule has 0 aliphatic rings. The summed E-state index contributed by atoms with van der Waals surface area (Å²) in [7, 11) is 0. The van der Waals surface area contributed by atoms with Crippen molar-refractivity contribution in [3.8, 4) is 5.75 Å². The summed E-state index contributed by atoms with van der Waals surface area (Å²) in [5, 5.41) is 15.3. The van der Waals surface area contributed by atoms with E-state index in [2.05, 4.69) is 10.6 Å². The fourth-order valence-electron chi connectivity index (χ4n) is 2.94. The average Bonchev–Trinajstić information content (AvgIpc) is 2.74. The molecule has 154 valence electrons. The van der Waals surface area contributed by atoms with E-state index in [-0.39, 0.29) is 18.1 Å². The van der Waals surface area contributed by atoms with Gasteiger partial charge in [0.2, 0.25) is 0 Å². The van der Waals surface area contributed by atoms with Gasteiger partial charge in [-0.2, -0.15) is 0 Å². The van der Waals surface area contributed by atoms with Crippen LogP contribution in [0.2, 0.25) is 0 Å². The SMILES string of the molecule is Cc1ccc(NC(=O)COc2ccc(CNc3cccc(C(=O)O)c3C)cc2)cc1. The Morgan fingerprint density at radius 3 is 2.30 bits per heavy atom. The molecule has 3 aromatic rings. The summed E-state index contributed by atoms with van der Waals surface area (Å²) in [5.74, 6) is -0.565. The first kappa shape index (κ1) is 20.9. The number of carboxylic acids is 1. The second kappa shape index (κ2) is 9.60. The maximum atomic E-state index is 12.0. The van der Waals surface area contributed by atoms with Gasteiger partial charge in [0, 0.05) is 17.9 Å². The highest BCUT2D eigenvalue weighted by molar-refractivity contribution is 5.92. The summed E-state index contributed by atoms with van der Waals surface area (Å²) < 4.78 is 5.54. The number of rotatable bonds is 8. The first-order chi connectivity index (χ1) is 14.4. The third kappa shape index (κ3) is 5.61. The molecule has 0 atom stereocenters. The molecule has 0 saturated heterocycles. The van der Waals surface area contributed by atoms with E-state index in [0.29, 0.717) is 17.9 Å². The van der Waals surface area contributed by atoms with Gasteiger partial charge in [0.05, 0.1) is 5.56 Å². The Hall–Kier alpha value is -3.80. The van der Waals surface area contributed by atoms with Crippen LogP contribution in [0.4, 0.5) is 11.4 Å². The topological polar surface area (TPSA) is 87.7 Å². The number of nitrogens with one attached hydrogen (secondary N) is 2. The molecule has 1 amide bonds. The molecule has 6 heteroatoms. The highest BCUT2D eigenvalue weighted by atomic mass is 16.5. The van der Waals surface area contributed by atoms with Gasteiger partial charge in [-0.25, -0.2) is 4.79 Å². The predicted octanol–water partition coefficient (Wildman–Crippen LogP) is 4.63. The van der Waals surface area contributed by atoms with E-state index >= 15 is 0 Å². The number of aryl methyl sites for hydroxylation is 1. The Bertz CT molecular complexity index is 1030. The van der Waals surface area contributed by atoms with Gasteiger partial charge in [-0.3, -0.25) is 4.79 Å². The van der Waals surface area contributed by atoms with Crippen molar-refractivity contribution >= 4 is 23.3 Å². The summed E-state index contributed by atoms with van der Waals surface area (Å²) in [5.41, 5.74) is 4.63. The Morgan fingerprint density at radius 2 is 1.63 bits per heavy atom. The zero-order chi connectivity index (χ0) is 21.5. The number of carbonyl (C=O) groups is 2. The average molecular weight is 404 g/mol. The van der Waals surface area contributed by atoms with Gasteiger partial charge in [-0.15, -0.1) is 0 Å². The lowest BCUT2D eigenvalue weighted by Crippen LogP contribution is -2.20. The van der Waals surface area contributed by atoms with Crippen molar-refractivity contribution in [3.05, 3.63) is 89.0 Å². The van der Waals surface area contributed by atoms with Crippen molar-refractivity contribution in [2.75, 3.05) is 17.2 Å². The molecule has 6 nitrogen and oxygen atoms in total. The molecule has 0 heterocycles. The summed E-state index contributed by atoms with van der Waals surface area (Å²) in [6.45, 7) is 4.23. The van der Waals surface area contributed by atoms with Gasteiger partial charge in [-0.05, 0) is 61.4 Å². The molecule has 0 aromatic heterocycles. The van der Waals surface area contributed by atoms with E-state index < -0.39 is 5.97 Å². The number of carbonyl (C=O) groups excluding carboxylic acids is 1. The third-order valence-corrected chi connectivity index (χ3v) is 4.68. The monoisotopic (exact) mass is 404 g/mol. The normalized spacial score (nSPS) is 10.3. The molecule has 0 saturated carbocycles. The van der Waals surface area contributed by atoms with Gasteiger partial charge in [0.1, 0.15) is 5.75 Å². The highest BCUT2D eigenvalue weighted by Crippen LogP contribution is 2.20. The second-order valence-electron chi connectivity index (χ2n) is 6.98. The zero-order valence-corrected chi connectivity index (χ0v) is 16.9. The van der Waals surface area contributed by atoms with E-state index in [1.54, 1.807) is 31.2 Å². The van der Waals surface area contributed by atoms with Crippen molar-refractivity contribution in [2.45, 2.75) is 20.4 Å². The third-order valence-electron chi connectivity index (χ3n) is 4.68. The maximum Gasteiger partial charge on any atom is 0.336 e. The molecule has 3 aromatic carbocycles. The van der Waals surface area contributed by atoms with Crippen molar-refractivity contribution in [1.82, 2.24) is 0 Å². The summed E-state index contributed by atoms with van der Waals surface area (Å²) in [4.78, 5) is 23.3. The fourth-order valence-corrected chi connectivity index (χ4v) is 2.94. The summed E-state index contributed by atoms with van der Waals surface area (Å²) in [6, 6.07) is 20.1. The van der Waals surface area contributed by atoms with Crippen LogP contribution >= 0.6 is 0 Å². The lowest BCUT2D eigenvalue weighted by Gasteiger charge is -2.12. The number of anilines is 2. The maximum absolute atomic E-state index is 12.0. The number of amides is 1. The Kier molecular flexibility index (Phi) is 6.70. The number of carboxylic acid groups (broad SMARTS) is 1. The minimum absolute atomic E-state index is 0.0767. The van der Waals surface area contributed by atoms with E-state index in [1.807, 2.05) is 49.4 Å². The molecule has 0 fully saturated rings. The van der Waals surface area contributed by atoms with Crippen molar-refractivity contribution in [3.63, 3.8) is 0 Å². The van der Waals surface area contributed by atoms with Crippen molar-refractivity contribution < 1.29 is 19.4 Å². The standard InChI is InChI=1S/C24H24N2O4/c1-16-6-10-19(11-7-16)26-23(27)15-30-20-12-8-18(9-13-20)14-25-22-5-3-4-21(17(22)2)24(28)29/h3-13,25H,14-15H2,1-2H3,(H,26,27)(H,28,29). The quantitative estimate of drug-likeness (QED) is 0.509. The number of hydrogen-bond acceptors (Lipinski definition) is 4. The van der Waals surface area contributed by atoms with Gasteiger partial charge < -0.3 is 20.5 Å². The molecule has 0 aliphatic carbocycles. The van der Waals surface area contributed by atoms with Crippen LogP contribution in [0.5, 0.6) is 5.75 Å². The zero-order valence-electron chi connectivity index (χ0n) is 16.9. The molecular weight excluding hydrogens is 380 g/mol. The van der Waals surface area contributed by atoms with Crippen molar-refractivity contribution in [1.29, 1.82) is 0 Å². The van der Waals surface area contributed by atoms with Crippen LogP contribution in [0.3, 0.4) is 0 Å². The molecule has 0 radical (unpaired) electrons. The van der Waals surface area contributed by atoms with Crippen LogP contribution in [0, 0.1) is 13.8 Å². The molecule has 3 N–H and O–H groups in total. The van der Waals surface area contributed by atoms with E-state index in [1.165, 1.54) is 0 Å². The molecule has 0 spiro atoms. The first-order valence-corrected chi connectivity index (χ1v) is 9.57. The smallest absolute Gasteiger partial charge is 0.336 e. The Labute approximate surface area is 175 Å². The van der Waals surface area contributed by atoms with Crippen LogP contribution in [-0.2, 0) is 11.3 Å². The summed E-state index contributed by atoms with van der Waals surface area (Å²) >= 11 is 0. The van der Waals surface area contributed by atoms with Gasteiger partial charge in [-0.1, -0.05) is 35.9 Å². The fraction of sp³-hybridized carbons (Fsp3) is 0.167. The second-order valence-corrected chi connectivity index (χ2v) is 6.98. The minimum Gasteiger partial charge on any atom is -0.484 e. The van der Waals surface area contributed by atoms with Crippen LogP contribution in [-0.4, -0.2) is 23.6 Å². The van der Waals surface area contributed by atoms with Crippen LogP contribution in [0.1, 0.15) is 27.0 Å². The molecule has 30 heavy (non-hydrogen) atoms. The highest BCUT2D eigenvalue weighted by Gasteiger charge is 2.10. The van der Waals surface area contributed by atoms with Crippen LogP contribution in [0.15, 0.2) is 66.7 Å². The molecular formula is C24H24N2O4. The number of benzene rings is 3. The van der Waals surface area contributed by atoms with Crippen molar-refractivity contribution in [2.24, 2.45) is 0 Å². The van der Waals surface area contributed by atoms with E-state index in [9.17, 15) is 14.7 Å². The Morgan fingerprint density at radius 1 is 0.933 bits per heavy atom. The van der Waals surface area contributed by atoms with Crippen LogP contribution < -0.4 is 15.4 Å². The molecule has 0 bridgehead atoms. The van der Waals surface area contributed by atoms with Gasteiger partial charge in [0.25, 0.3) is 5.91 Å². The number of ether oxygens (including phenoxy) is 1. The van der Waals surface area contributed by atoms with Crippen LogP contribution in [0.25, 0.3) is 0 Å². The molecule has 3 rings (SSSR count). The molecule has 0 aliphatic heterocycles. The van der Waals surface area contributed by atoms with Gasteiger partial charge in [0.15, 0.2) is 6.61 Å². The predicted molar refractivity (Wildman–Crippen MR) is 117 cm³/mol. The lowest BCUT2D eigenvalue weighted by molar-refractivity contribution is -0.118. The molecule has 0 unspecified atom stereocenters. The Balaban J connectivity index is 1.50. The lowest BCUT2D eigenvalue weighted by atomic mass is 10.1. The largest absolute Gasteiger partial charge is 0.484 e. The van der Waals surface area contributed by atoms with Gasteiger partial charge >= 0.3 is 5.97 Å². The van der Waals surface area contributed by atoms with E-state index in [0.717, 1.165) is 22.5 Å². The first-order valence-electron chi connectivity index (χ1n) is 9.57. The van der Waals surface area contributed by atoms with E-state index in [4.69, 9.17) is 4.74 Å². The minimum atomic E-state index is -0.941. The number of aromatic carboxylic acids is 1.